The monoisotopic (exact) mass is 329 g/mol. The van der Waals surface area contributed by atoms with Gasteiger partial charge >= 0.3 is 0 Å². The number of nitrogens with zero attached hydrogens (tertiary/aromatic N) is 3. The lowest BCUT2D eigenvalue weighted by atomic mass is 9.92. The minimum Gasteiger partial charge on any atom is -0.274 e. The van der Waals surface area contributed by atoms with Gasteiger partial charge in [-0.05, 0) is 12.8 Å². The summed E-state index contributed by atoms with van der Waals surface area (Å²) in [6.45, 7) is 11.3. The van der Waals surface area contributed by atoms with Crippen LogP contribution in [-0.4, -0.2) is 35.6 Å². The summed E-state index contributed by atoms with van der Waals surface area (Å²) in [6.07, 6.45) is 5.37. The molecule has 0 bridgehead atoms. The molecule has 0 N–H and O–H groups in total. The van der Waals surface area contributed by atoms with Crippen LogP contribution in [0.3, 0.4) is 0 Å². The van der Waals surface area contributed by atoms with E-state index >= 15 is 0 Å². The van der Waals surface area contributed by atoms with Crippen LogP contribution in [-0.2, 0) is 22.5 Å². The van der Waals surface area contributed by atoms with E-state index in [9.17, 15) is 8.42 Å². The minimum absolute atomic E-state index is 0.301. The van der Waals surface area contributed by atoms with Crippen molar-refractivity contribution in [3.63, 3.8) is 0 Å². The highest BCUT2D eigenvalue weighted by Crippen LogP contribution is 2.29. The molecule has 0 aliphatic rings. The Hall–Kier alpha value is -0.880. The van der Waals surface area contributed by atoms with Crippen LogP contribution in [0.1, 0.15) is 66.0 Å². The molecule has 0 atom stereocenters. The molecule has 1 rings (SSSR count). The predicted octanol–water partition coefficient (Wildman–Crippen LogP) is 3.31. The fourth-order valence-electron chi connectivity index (χ4n) is 2.34. The standard InChI is InChI=1S/C16H31N3O2S/c1-7-9-11-19(12-10-8-2)22(20,21)14-13-18(6)17-15(14)16(3,4)5/h13H,7-12H2,1-6H3. The summed E-state index contributed by atoms with van der Waals surface area (Å²) >= 11 is 0. The van der Waals surface area contributed by atoms with E-state index in [2.05, 4.69) is 18.9 Å². The molecular weight excluding hydrogens is 298 g/mol. The topological polar surface area (TPSA) is 55.2 Å². The molecule has 6 heteroatoms. The smallest absolute Gasteiger partial charge is 0.246 e. The van der Waals surface area contributed by atoms with Gasteiger partial charge in [0.1, 0.15) is 4.90 Å². The first-order chi connectivity index (χ1) is 10.1. The molecule has 0 fully saturated rings. The zero-order valence-corrected chi connectivity index (χ0v) is 15.7. The van der Waals surface area contributed by atoms with Crippen LogP contribution in [0.4, 0.5) is 0 Å². The van der Waals surface area contributed by atoms with Gasteiger partial charge in [0.05, 0.1) is 5.69 Å². The molecule has 0 spiro atoms. The normalized spacial score (nSPS) is 13.0. The lowest BCUT2D eigenvalue weighted by Gasteiger charge is -2.24. The van der Waals surface area contributed by atoms with Crippen molar-refractivity contribution in [1.29, 1.82) is 0 Å². The molecule has 0 amide bonds. The first-order valence-electron chi connectivity index (χ1n) is 8.18. The van der Waals surface area contributed by atoms with Gasteiger partial charge in [0, 0.05) is 31.7 Å². The fourth-order valence-corrected chi connectivity index (χ4v) is 4.23. The van der Waals surface area contributed by atoms with Crippen LogP contribution in [0.2, 0.25) is 0 Å². The SMILES string of the molecule is CCCCN(CCCC)S(=O)(=O)c1cn(C)nc1C(C)(C)C. The third-order valence-corrected chi connectivity index (χ3v) is 5.55. The molecule has 0 unspecified atom stereocenters. The molecule has 0 aliphatic heterocycles. The maximum absolute atomic E-state index is 13.1. The van der Waals surface area contributed by atoms with Crippen molar-refractivity contribution in [2.45, 2.75) is 70.6 Å². The van der Waals surface area contributed by atoms with E-state index in [1.807, 2.05) is 20.8 Å². The molecule has 5 nitrogen and oxygen atoms in total. The van der Waals surface area contributed by atoms with E-state index in [0.29, 0.717) is 23.7 Å². The molecule has 0 radical (unpaired) electrons. The average molecular weight is 330 g/mol. The van der Waals surface area contributed by atoms with Gasteiger partial charge < -0.3 is 0 Å². The maximum atomic E-state index is 13.1. The van der Waals surface area contributed by atoms with Crippen molar-refractivity contribution >= 4 is 10.0 Å². The molecule has 22 heavy (non-hydrogen) atoms. The molecule has 1 heterocycles. The summed E-state index contributed by atoms with van der Waals surface area (Å²) in [5, 5.41) is 4.40. The van der Waals surface area contributed by atoms with Crippen molar-refractivity contribution < 1.29 is 8.42 Å². The van der Waals surface area contributed by atoms with Gasteiger partial charge in [-0.2, -0.15) is 9.40 Å². The Morgan fingerprint density at radius 3 is 2.05 bits per heavy atom. The highest BCUT2D eigenvalue weighted by Gasteiger charge is 2.33. The number of rotatable bonds is 8. The molecule has 0 aliphatic carbocycles. The van der Waals surface area contributed by atoms with Crippen LogP contribution in [0.15, 0.2) is 11.1 Å². The molecule has 0 saturated carbocycles. The fraction of sp³-hybridized carbons (Fsp3) is 0.812. The average Bonchev–Trinajstić information content (AvgIpc) is 2.81. The van der Waals surface area contributed by atoms with Gasteiger partial charge in [-0.3, -0.25) is 4.68 Å². The first kappa shape index (κ1) is 19.2. The number of unbranched alkanes of at least 4 members (excludes halogenated alkanes) is 2. The Kier molecular flexibility index (Phi) is 6.62. The van der Waals surface area contributed by atoms with Crippen molar-refractivity contribution in [2.24, 2.45) is 7.05 Å². The zero-order valence-electron chi connectivity index (χ0n) is 14.9. The summed E-state index contributed by atoms with van der Waals surface area (Å²) in [7, 11) is -1.71. The molecule has 0 aromatic carbocycles. The van der Waals surface area contributed by atoms with Gasteiger partial charge in [-0.15, -0.1) is 0 Å². The largest absolute Gasteiger partial charge is 0.274 e. The number of aromatic nitrogens is 2. The van der Waals surface area contributed by atoms with Crippen molar-refractivity contribution in [3.05, 3.63) is 11.9 Å². The second-order valence-corrected chi connectivity index (χ2v) is 8.78. The second-order valence-electron chi connectivity index (χ2n) is 6.88. The van der Waals surface area contributed by atoms with E-state index in [4.69, 9.17) is 0 Å². The summed E-state index contributed by atoms with van der Waals surface area (Å²) in [5.74, 6) is 0. The van der Waals surface area contributed by atoms with Crippen LogP contribution in [0.5, 0.6) is 0 Å². The minimum atomic E-state index is -3.49. The molecule has 1 aromatic rings. The van der Waals surface area contributed by atoms with Crippen LogP contribution < -0.4 is 0 Å². The predicted molar refractivity (Wildman–Crippen MR) is 90.5 cm³/mol. The molecule has 128 valence electrons. The van der Waals surface area contributed by atoms with Crippen LogP contribution in [0, 0.1) is 0 Å². The Morgan fingerprint density at radius 2 is 1.64 bits per heavy atom. The lowest BCUT2D eigenvalue weighted by Crippen LogP contribution is -2.34. The molecule has 0 saturated heterocycles. The Morgan fingerprint density at radius 1 is 1.14 bits per heavy atom. The van der Waals surface area contributed by atoms with Crippen molar-refractivity contribution in [1.82, 2.24) is 14.1 Å². The zero-order chi connectivity index (χ0) is 17.0. The summed E-state index contributed by atoms with van der Waals surface area (Å²) in [4.78, 5) is 0.356. The van der Waals surface area contributed by atoms with Gasteiger partial charge in [0.15, 0.2) is 0 Å². The highest BCUT2D eigenvalue weighted by molar-refractivity contribution is 7.89. The third kappa shape index (κ3) is 4.56. The van der Waals surface area contributed by atoms with Gasteiger partial charge in [-0.25, -0.2) is 8.42 Å². The summed E-state index contributed by atoms with van der Waals surface area (Å²) in [6, 6.07) is 0. The number of hydrogen-bond acceptors (Lipinski definition) is 3. The highest BCUT2D eigenvalue weighted by atomic mass is 32.2. The second kappa shape index (κ2) is 7.59. The van der Waals surface area contributed by atoms with Crippen LogP contribution >= 0.6 is 0 Å². The van der Waals surface area contributed by atoms with Gasteiger partial charge in [-0.1, -0.05) is 47.5 Å². The Balaban J connectivity index is 3.24. The van der Waals surface area contributed by atoms with Gasteiger partial charge in [0.2, 0.25) is 10.0 Å². The lowest BCUT2D eigenvalue weighted by molar-refractivity contribution is 0.393. The van der Waals surface area contributed by atoms with Crippen molar-refractivity contribution in [3.8, 4) is 0 Å². The quantitative estimate of drug-likeness (QED) is 0.735. The molecular formula is C16H31N3O2S. The van der Waals surface area contributed by atoms with E-state index in [-0.39, 0.29) is 5.41 Å². The summed E-state index contributed by atoms with van der Waals surface area (Å²) in [5.41, 5.74) is 0.346. The van der Waals surface area contributed by atoms with Gasteiger partial charge in [0.25, 0.3) is 0 Å². The Bertz CT molecular complexity index is 563. The molecule has 1 aromatic heterocycles. The number of hydrogen-bond donors (Lipinski definition) is 0. The number of aryl methyl sites for hydroxylation is 1. The van der Waals surface area contributed by atoms with Crippen molar-refractivity contribution in [2.75, 3.05) is 13.1 Å². The van der Waals surface area contributed by atoms with Crippen LogP contribution in [0.25, 0.3) is 0 Å². The van der Waals surface area contributed by atoms with E-state index < -0.39 is 10.0 Å². The number of sulfonamides is 1. The maximum Gasteiger partial charge on any atom is 0.246 e. The van der Waals surface area contributed by atoms with E-state index in [0.717, 1.165) is 25.7 Å². The third-order valence-electron chi connectivity index (χ3n) is 3.65. The van der Waals surface area contributed by atoms with E-state index in [1.165, 1.54) is 0 Å². The first-order valence-corrected chi connectivity index (χ1v) is 9.62. The summed E-state index contributed by atoms with van der Waals surface area (Å²) < 4.78 is 29.4. The van der Waals surface area contributed by atoms with E-state index in [1.54, 1.807) is 22.2 Å². The Labute approximate surface area is 135 Å².